The molecule has 0 aromatic heterocycles. The smallest absolute Gasteiger partial charge is 0.190 e. The van der Waals surface area contributed by atoms with Gasteiger partial charge in [0.05, 0.1) is 11.5 Å². The fourth-order valence-corrected chi connectivity index (χ4v) is 8.29. The monoisotopic (exact) mass is 538 g/mol. The summed E-state index contributed by atoms with van der Waals surface area (Å²) in [4.78, 5) is 68.4. The Balaban J connectivity index is 1.95. The summed E-state index contributed by atoms with van der Waals surface area (Å²) < 4.78 is 0. The number of hydrogen-bond donors (Lipinski definition) is 2. The van der Waals surface area contributed by atoms with Gasteiger partial charge in [-0.1, -0.05) is 54.5 Å². The maximum atomic E-state index is 14.4. The summed E-state index contributed by atoms with van der Waals surface area (Å²) in [6.45, 7) is 14.2. The molecule has 2 N–H and O–H groups in total. The molecule has 0 aliphatic heterocycles. The minimum Gasteiger partial charge on any atom is -0.507 e. The van der Waals surface area contributed by atoms with Crippen molar-refractivity contribution in [2.75, 3.05) is 0 Å². The van der Waals surface area contributed by atoms with E-state index in [1.165, 1.54) is 0 Å². The van der Waals surface area contributed by atoms with Gasteiger partial charge in [-0.2, -0.15) is 0 Å². The Hall–Kier alpha value is -2.67. The molecule has 2 saturated carbocycles. The molecule has 6 atom stereocenters. The zero-order chi connectivity index (χ0) is 29.4. The summed E-state index contributed by atoms with van der Waals surface area (Å²) in [5.74, 6) is -8.08. The minimum absolute atomic E-state index is 0.0715. The number of carbonyl (C=O) groups is 5. The van der Waals surface area contributed by atoms with E-state index < -0.39 is 63.1 Å². The van der Waals surface area contributed by atoms with Crippen LogP contribution in [-0.4, -0.2) is 44.7 Å². The molecule has 3 aliphatic carbocycles. The SMILES string of the molecule is CCc1cc(CCC(C)C)c(O)c2c1C[C@]1(C)C[C@]3(C)C(C(C)C)C(=O)C(C(C)=O)C(=O)[C@]3(O)C(=O)C1C2=O. The average Bonchev–Trinajstić information content (AvgIpc) is 2.80. The number of benzene rings is 1. The number of phenols is 1. The van der Waals surface area contributed by atoms with Gasteiger partial charge in [-0.3, -0.25) is 24.0 Å². The van der Waals surface area contributed by atoms with Crippen LogP contribution in [0.1, 0.15) is 95.3 Å². The molecule has 0 spiro atoms. The maximum Gasteiger partial charge on any atom is 0.190 e. The van der Waals surface area contributed by atoms with Crippen LogP contribution >= 0.6 is 0 Å². The molecule has 0 amide bonds. The first-order valence-electron chi connectivity index (χ1n) is 14.2. The van der Waals surface area contributed by atoms with Crippen LogP contribution in [0.15, 0.2) is 6.07 Å². The number of ketones is 5. The molecule has 1 aromatic carbocycles. The normalized spacial score (nSPS) is 34.3. The highest BCUT2D eigenvalue weighted by molar-refractivity contribution is 6.32. The van der Waals surface area contributed by atoms with Crippen LogP contribution in [0.4, 0.5) is 0 Å². The van der Waals surface area contributed by atoms with Crippen molar-refractivity contribution in [3.63, 3.8) is 0 Å². The quantitative estimate of drug-likeness (QED) is 0.519. The van der Waals surface area contributed by atoms with E-state index >= 15 is 0 Å². The largest absolute Gasteiger partial charge is 0.507 e. The number of Topliss-reactive ketones (excluding diaryl/α,β-unsaturated/α-hetero) is 5. The van der Waals surface area contributed by atoms with Crippen LogP contribution in [0.2, 0.25) is 0 Å². The molecule has 0 saturated heterocycles. The number of phenolic OH excluding ortho intramolecular Hbond substituents is 1. The van der Waals surface area contributed by atoms with Crippen molar-refractivity contribution in [1.82, 2.24) is 0 Å². The summed E-state index contributed by atoms with van der Waals surface area (Å²) in [7, 11) is 0. The fraction of sp³-hybridized carbons (Fsp3) is 0.656. The Kier molecular flexibility index (Phi) is 7.11. The van der Waals surface area contributed by atoms with Crippen LogP contribution in [-0.2, 0) is 38.4 Å². The lowest BCUT2D eigenvalue weighted by molar-refractivity contribution is -0.205. The number of aromatic hydroxyl groups is 1. The Labute approximate surface area is 230 Å². The van der Waals surface area contributed by atoms with Gasteiger partial charge in [-0.05, 0) is 73.0 Å². The van der Waals surface area contributed by atoms with Gasteiger partial charge in [0.1, 0.15) is 17.5 Å². The van der Waals surface area contributed by atoms with Crippen molar-refractivity contribution in [2.24, 2.45) is 40.4 Å². The zero-order valence-electron chi connectivity index (χ0n) is 24.4. The number of hydrogen-bond acceptors (Lipinski definition) is 7. The summed E-state index contributed by atoms with van der Waals surface area (Å²) >= 11 is 0. The van der Waals surface area contributed by atoms with Crippen LogP contribution in [0.5, 0.6) is 5.75 Å². The van der Waals surface area contributed by atoms with E-state index in [0.29, 0.717) is 36.3 Å². The van der Waals surface area contributed by atoms with E-state index in [4.69, 9.17) is 0 Å². The molecule has 212 valence electrons. The third-order valence-electron chi connectivity index (χ3n) is 9.92. The minimum atomic E-state index is -2.66. The van der Waals surface area contributed by atoms with Gasteiger partial charge >= 0.3 is 0 Å². The van der Waals surface area contributed by atoms with Crippen LogP contribution < -0.4 is 0 Å². The van der Waals surface area contributed by atoms with Crippen molar-refractivity contribution >= 4 is 28.9 Å². The molecule has 0 heterocycles. The maximum absolute atomic E-state index is 14.4. The Morgan fingerprint density at radius 3 is 2.18 bits per heavy atom. The van der Waals surface area contributed by atoms with E-state index in [2.05, 4.69) is 13.8 Å². The van der Waals surface area contributed by atoms with Crippen LogP contribution in [0.25, 0.3) is 0 Å². The second-order valence-electron chi connectivity index (χ2n) is 13.5. The molecule has 7 heteroatoms. The first kappa shape index (κ1) is 29.3. The predicted molar refractivity (Wildman–Crippen MR) is 145 cm³/mol. The topological polar surface area (TPSA) is 126 Å². The van der Waals surface area contributed by atoms with E-state index in [0.717, 1.165) is 18.9 Å². The van der Waals surface area contributed by atoms with Gasteiger partial charge in [-0.15, -0.1) is 0 Å². The lowest BCUT2D eigenvalue weighted by atomic mass is 9.39. The van der Waals surface area contributed by atoms with Crippen molar-refractivity contribution in [1.29, 1.82) is 0 Å². The highest BCUT2D eigenvalue weighted by atomic mass is 16.3. The predicted octanol–water partition coefficient (Wildman–Crippen LogP) is 4.24. The van der Waals surface area contributed by atoms with Crippen molar-refractivity contribution in [3.8, 4) is 5.75 Å². The third kappa shape index (κ3) is 3.90. The summed E-state index contributed by atoms with van der Waals surface area (Å²) in [5, 5.41) is 23.4. The van der Waals surface area contributed by atoms with Gasteiger partial charge in [0.2, 0.25) is 0 Å². The second-order valence-corrected chi connectivity index (χ2v) is 13.5. The zero-order valence-corrected chi connectivity index (χ0v) is 24.4. The molecule has 7 nitrogen and oxygen atoms in total. The van der Waals surface area contributed by atoms with E-state index in [-0.39, 0.29) is 23.7 Å². The van der Waals surface area contributed by atoms with Gasteiger partial charge < -0.3 is 10.2 Å². The Morgan fingerprint density at radius 1 is 1.05 bits per heavy atom. The average molecular weight is 539 g/mol. The molecule has 3 unspecified atom stereocenters. The second kappa shape index (κ2) is 9.46. The standard InChI is InChI=1S/C32H42O7/c1-9-18-12-19(11-10-15(2)3)25(34)22-20(18)13-30(7)14-31(8)23(16(4)5)26(35)21(17(6)33)28(37)32(31,39)29(38)24(30)27(22)36/h12,15-16,21,23-24,34,39H,9-11,13-14H2,1-8H3/t21?,23?,24?,30-,31-,32+/m1/s1. The molecule has 2 fully saturated rings. The first-order valence-corrected chi connectivity index (χ1v) is 14.2. The summed E-state index contributed by atoms with van der Waals surface area (Å²) in [6.07, 6.45) is 2.38. The molecule has 3 aliphatic rings. The highest BCUT2D eigenvalue weighted by Gasteiger charge is 2.76. The molecule has 0 radical (unpaired) electrons. The molecule has 0 bridgehead atoms. The van der Waals surface area contributed by atoms with Gasteiger partial charge in [0, 0.05) is 11.3 Å². The van der Waals surface area contributed by atoms with Gasteiger partial charge in [-0.25, -0.2) is 0 Å². The Bertz CT molecular complexity index is 1290. The number of aryl methyl sites for hydroxylation is 2. The summed E-state index contributed by atoms with van der Waals surface area (Å²) in [5.41, 5.74) is -2.76. The van der Waals surface area contributed by atoms with Crippen LogP contribution in [0, 0.1) is 40.4 Å². The van der Waals surface area contributed by atoms with E-state index in [9.17, 15) is 34.2 Å². The Morgan fingerprint density at radius 2 is 1.67 bits per heavy atom. The highest BCUT2D eigenvalue weighted by Crippen LogP contribution is 2.64. The molecular formula is C32H42O7. The third-order valence-corrected chi connectivity index (χ3v) is 9.92. The fourth-order valence-electron chi connectivity index (χ4n) is 8.29. The number of aliphatic hydroxyl groups is 1. The first-order chi connectivity index (χ1) is 18.0. The van der Waals surface area contributed by atoms with Crippen molar-refractivity contribution < 1.29 is 34.2 Å². The molecule has 39 heavy (non-hydrogen) atoms. The van der Waals surface area contributed by atoms with Gasteiger partial charge in [0.15, 0.2) is 28.7 Å². The number of fused-ring (bicyclic) bond motifs is 3. The van der Waals surface area contributed by atoms with Crippen LogP contribution in [0.3, 0.4) is 0 Å². The molecule has 1 aromatic rings. The molecule has 4 rings (SSSR count). The lowest BCUT2D eigenvalue weighted by Crippen LogP contribution is -2.76. The number of rotatable bonds is 6. The van der Waals surface area contributed by atoms with Gasteiger partial charge in [0.25, 0.3) is 0 Å². The molecular weight excluding hydrogens is 496 g/mol. The number of carbonyl (C=O) groups excluding carboxylic acids is 5. The van der Waals surface area contributed by atoms with Crippen molar-refractivity contribution in [2.45, 2.75) is 93.1 Å². The summed E-state index contributed by atoms with van der Waals surface area (Å²) in [6, 6.07) is 1.96. The van der Waals surface area contributed by atoms with E-state index in [1.54, 1.807) is 20.8 Å². The lowest BCUT2D eigenvalue weighted by Gasteiger charge is -2.62. The van der Waals surface area contributed by atoms with Crippen molar-refractivity contribution in [3.05, 3.63) is 28.3 Å². The van der Waals surface area contributed by atoms with E-state index in [1.807, 2.05) is 19.9 Å².